The number of thiazole rings is 1. The fraction of sp³-hybridized carbons (Fsp3) is 0.267. The van der Waals surface area contributed by atoms with Crippen molar-refractivity contribution in [2.45, 2.75) is 20.8 Å². The van der Waals surface area contributed by atoms with Crippen LogP contribution in [0.1, 0.15) is 16.3 Å². The highest BCUT2D eigenvalue weighted by Gasteiger charge is 2.15. The molecule has 0 saturated carbocycles. The Kier molecular flexibility index (Phi) is 2.82. The summed E-state index contributed by atoms with van der Waals surface area (Å²) in [5.41, 5.74) is 4.69. The average Bonchev–Trinajstić information content (AvgIpc) is 2.86. The van der Waals surface area contributed by atoms with Gasteiger partial charge in [-0.2, -0.15) is 0 Å². The van der Waals surface area contributed by atoms with Crippen molar-refractivity contribution in [2.75, 3.05) is 7.11 Å². The highest BCUT2D eigenvalue weighted by Crippen LogP contribution is 2.32. The number of methoxy groups -OCH3 is 1. The van der Waals surface area contributed by atoms with Gasteiger partial charge in [0.2, 0.25) is 0 Å². The van der Waals surface area contributed by atoms with E-state index in [4.69, 9.17) is 4.74 Å². The zero-order valence-electron chi connectivity index (χ0n) is 11.5. The second-order valence-corrected chi connectivity index (χ2v) is 5.82. The molecule has 3 nitrogen and oxygen atoms in total. The highest BCUT2D eigenvalue weighted by atomic mass is 32.1. The maximum atomic E-state index is 5.21. The first-order chi connectivity index (χ1) is 9.11. The summed E-state index contributed by atoms with van der Waals surface area (Å²) in [6.45, 7) is 6.35. The first kappa shape index (κ1) is 12.2. The van der Waals surface area contributed by atoms with Gasteiger partial charge >= 0.3 is 0 Å². The molecule has 0 fully saturated rings. The number of aromatic nitrogens is 2. The van der Waals surface area contributed by atoms with E-state index in [0.717, 1.165) is 16.4 Å². The summed E-state index contributed by atoms with van der Waals surface area (Å²) < 4.78 is 7.46. The quantitative estimate of drug-likeness (QED) is 0.705. The molecule has 0 saturated heterocycles. The minimum atomic E-state index is 0.875. The fourth-order valence-electron chi connectivity index (χ4n) is 2.34. The maximum absolute atomic E-state index is 5.21. The van der Waals surface area contributed by atoms with Crippen LogP contribution in [0, 0.1) is 20.8 Å². The number of benzene rings is 1. The number of hydrogen-bond donors (Lipinski definition) is 0. The number of ether oxygens (including phenoxy) is 1. The lowest BCUT2D eigenvalue weighted by Crippen LogP contribution is -1.91. The summed E-state index contributed by atoms with van der Waals surface area (Å²) in [5, 5.41) is 0. The molecule has 2 aromatic heterocycles. The van der Waals surface area contributed by atoms with Crippen LogP contribution in [0.15, 0.2) is 24.3 Å². The minimum absolute atomic E-state index is 0.875. The molecule has 0 N–H and O–H groups in total. The molecule has 3 aromatic rings. The predicted octanol–water partition coefficient (Wildman–Crippen LogP) is 4.00. The average molecular weight is 272 g/mol. The van der Waals surface area contributed by atoms with E-state index in [2.05, 4.69) is 42.3 Å². The number of imidazole rings is 1. The standard InChI is InChI=1S/C15H16N2OS/c1-9-14(12-5-7-13(18-4)8-6-12)17-10(2)11(3)19-15(17)16-9/h5-8H,1-4H3. The molecule has 19 heavy (non-hydrogen) atoms. The molecule has 0 bridgehead atoms. The fourth-order valence-corrected chi connectivity index (χ4v) is 3.35. The number of fused-ring (bicyclic) bond motifs is 1. The summed E-state index contributed by atoms with van der Waals surface area (Å²) >= 11 is 1.74. The lowest BCUT2D eigenvalue weighted by molar-refractivity contribution is 0.415. The molecule has 3 rings (SSSR count). The zero-order chi connectivity index (χ0) is 13.6. The van der Waals surface area contributed by atoms with Crippen LogP contribution < -0.4 is 4.74 Å². The largest absolute Gasteiger partial charge is 0.497 e. The molecule has 1 aromatic carbocycles. The van der Waals surface area contributed by atoms with Gasteiger partial charge in [-0.05, 0) is 45.0 Å². The van der Waals surface area contributed by atoms with Gasteiger partial charge in [0.25, 0.3) is 0 Å². The Morgan fingerprint density at radius 1 is 1.11 bits per heavy atom. The summed E-state index contributed by atoms with van der Waals surface area (Å²) in [5.74, 6) is 0.875. The van der Waals surface area contributed by atoms with E-state index in [9.17, 15) is 0 Å². The van der Waals surface area contributed by atoms with Gasteiger partial charge in [-0.25, -0.2) is 4.98 Å². The predicted molar refractivity (Wildman–Crippen MR) is 79.3 cm³/mol. The third kappa shape index (κ3) is 1.83. The molecule has 0 aliphatic rings. The van der Waals surface area contributed by atoms with Crippen LogP contribution in [0.4, 0.5) is 0 Å². The SMILES string of the molecule is COc1ccc(-c2c(C)nc3sc(C)c(C)n23)cc1. The van der Waals surface area contributed by atoms with Crippen molar-refractivity contribution in [3.8, 4) is 17.0 Å². The topological polar surface area (TPSA) is 26.5 Å². The second kappa shape index (κ2) is 4.38. The lowest BCUT2D eigenvalue weighted by atomic mass is 10.1. The Hall–Kier alpha value is -1.81. The first-order valence-electron chi connectivity index (χ1n) is 6.21. The van der Waals surface area contributed by atoms with E-state index in [0.29, 0.717) is 0 Å². The smallest absolute Gasteiger partial charge is 0.194 e. The monoisotopic (exact) mass is 272 g/mol. The van der Waals surface area contributed by atoms with Crippen LogP contribution in [0.25, 0.3) is 16.2 Å². The summed E-state index contributed by atoms with van der Waals surface area (Å²) in [6.07, 6.45) is 0. The van der Waals surface area contributed by atoms with Crippen molar-refractivity contribution in [3.63, 3.8) is 0 Å². The van der Waals surface area contributed by atoms with Gasteiger partial charge in [0.1, 0.15) is 5.75 Å². The number of nitrogens with zero attached hydrogens (tertiary/aromatic N) is 2. The second-order valence-electron chi connectivity index (χ2n) is 4.64. The van der Waals surface area contributed by atoms with Gasteiger partial charge in [0.05, 0.1) is 18.5 Å². The normalized spacial score (nSPS) is 11.2. The van der Waals surface area contributed by atoms with Gasteiger partial charge in [-0.3, -0.25) is 4.40 Å². The zero-order valence-corrected chi connectivity index (χ0v) is 12.3. The Morgan fingerprint density at radius 2 is 1.79 bits per heavy atom. The van der Waals surface area contributed by atoms with Crippen LogP contribution in [0.5, 0.6) is 5.75 Å². The molecule has 0 aliphatic carbocycles. The van der Waals surface area contributed by atoms with Gasteiger partial charge in [-0.1, -0.05) is 0 Å². The Labute approximate surface area is 116 Å². The first-order valence-corrected chi connectivity index (χ1v) is 7.03. The van der Waals surface area contributed by atoms with Crippen molar-refractivity contribution in [3.05, 3.63) is 40.5 Å². The van der Waals surface area contributed by atoms with Crippen LogP contribution in [0.2, 0.25) is 0 Å². The van der Waals surface area contributed by atoms with E-state index in [1.54, 1.807) is 18.4 Å². The third-order valence-corrected chi connectivity index (χ3v) is 4.53. The van der Waals surface area contributed by atoms with Crippen molar-refractivity contribution in [1.29, 1.82) is 0 Å². The van der Waals surface area contributed by atoms with Gasteiger partial charge < -0.3 is 4.74 Å². The number of aryl methyl sites for hydroxylation is 3. The van der Waals surface area contributed by atoms with Crippen molar-refractivity contribution < 1.29 is 4.74 Å². The molecular formula is C15H16N2OS. The van der Waals surface area contributed by atoms with Crippen molar-refractivity contribution in [2.24, 2.45) is 0 Å². The Balaban J connectivity index is 2.25. The van der Waals surface area contributed by atoms with Gasteiger partial charge in [0.15, 0.2) is 4.96 Å². The molecular weight excluding hydrogens is 256 g/mol. The van der Waals surface area contributed by atoms with Crippen LogP contribution >= 0.6 is 11.3 Å². The molecule has 0 amide bonds. The molecule has 0 spiro atoms. The summed E-state index contributed by atoms with van der Waals surface area (Å²) in [7, 11) is 1.68. The highest BCUT2D eigenvalue weighted by molar-refractivity contribution is 7.17. The number of hydrogen-bond acceptors (Lipinski definition) is 3. The molecule has 4 heteroatoms. The minimum Gasteiger partial charge on any atom is -0.497 e. The van der Waals surface area contributed by atoms with Crippen LogP contribution in [-0.2, 0) is 0 Å². The Morgan fingerprint density at radius 3 is 2.42 bits per heavy atom. The van der Waals surface area contributed by atoms with Crippen molar-refractivity contribution in [1.82, 2.24) is 9.38 Å². The molecule has 0 radical (unpaired) electrons. The van der Waals surface area contributed by atoms with E-state index in [-0.39, 0.29) is 0 Å². The van der Waals surface area contributed by atoms with E-state index >= 15 is 0 Å². The van der Waals surface area contributed by atoms with E-state index in [1.807, 2.05) is 12.1 Å². The Bertz CT molecular complexity index is 738. The van der Waals surface area contributed by atoms with Crippen LogP contribution in [-0.4, -0.2) is 16.5 Å². The van der Waals surface area contributed by atoms with Crippen molar-refractivity contribution >= 4 is 16.3 Å². The van der Waals surface area contributed by atoms with E-state index in [1.165, 1.54) is 21.8 Å². The van der Waals surface area contributed by atoms with Gasteiger partial charge in [-0.15, -0.1) is 11.3 Å². The number of rotatable bonds is 2. The summed E-state index contributed by atoms with van der Waals surface area (Å²) in [6, 6.07) is 8.15. The molecule has 98 valence electrons. The molecule has 0 aliphatic heterocycles. The lowest BCUT2D eigenvalue weighted by Gasteiger charge is -2.05. The van der Waals surface area contributed by atoms with Gasteiger partial charge in [0, 0.05) is 16.1 Å². The summed E-state index contributed by atoms with van der Waals surface area (Å²) in [4.78, 5) is 7.05. The third-order valence-electron chi connectivity index (χ3n) is 3.47. The molecule has 0 unspecified atom stereocenters. The van der Waals surface area contributed by atoms with Crippen LogP contribution in [0.3, 0.4) is 0 Å². The molecule has 2 heterocycles. The van der Waals surface area contributed by atoms with E-state index < -0.39 is 0 Å². The molecule has 0 atom stereocenters. The maximum Gasteiger partial charge on any atom is 0.194 e.